The highest BCUT2D eigenvalue weighted by Crippen LogP contribution is 2.33. The van der Waals surface area contributed by atoms with Crippen LogP contribution in [0.3, 0.4) is 0 Å². The maximum Gasteiger partial charge on any atom is 0.207 e. The summed E-state index contributed by atoms with van der Waals surface area (Å²) in [5.41, 5.74) is 3.88. The molecule has 3 heteroatoms. The summed E-state index contributed by atoms with van der Waals surface area (Å²) < 4.78 is 11.4. The molecule has 4 rings (SSSR count). The van der Waals surface area contributed by atoms with E-state index >= 15 is 0 Å². The van der Waals surface area contributed by atoms with E-state index < -0.39 is 0 Å². The van der Waals surface area contributed by atoms with Crippen molar-refractivity contribution in [2.45, 2.75) is 5.92 Å². The van der Waals surface area contributed by atoms with Crippen LogP contribution >= 0.6 is 0 Å². The van der Waals surface area contributed by atoms with Gasteiger partial charge in [0.25, 0.3) is 0 Å². The molecule has 3 aromatic carbocycles. The lowest BCUT2D eigenvalue weighted by Crippen LogP contribution is -2.03. The van der Waals surface area contributed by atoms with Crippen LogP contribution in [0.4, 0.5) is 0 Å². The van der Waals surface area contributed by atoms with Crippen LogP contribution in [0.15, 0.2) is 83.3 Å². The van der Waals surface area contributed by atoms with Crippen LogP contribution in [0, 0.1) is 0 Å². The fourth-order valence-electron chi connectivity index (χ4n) is 2.94. The SMILES string of the molecule is COc1ccc2nc(C(c3ccccc3)c3ccccc3)oc2c1. The predicted molar refractivity (Wildman–Crippen MR) is 94.4 cm³/mol. The number of benzene rings is 3. The smallest absolute Gasteiger partial charge is 0.207 e. The van der Waals surface area contributed by atoms with Crippen LogP contribution in [0.1, 0.15) is 22.9 Å². The highest BCUT2D eigenvalue weighted by Gasteiger charge is 2.22. The number of methoxy groups -OCH3 is 1. The standard InChI is InChI=1S/C21H17NO2/c1-23-17-12-13-18-19(14-17)24-21(22-18)20(15-8-4-2-5-9-15)16-10-6-3-7-11-16/h2-14,20H,1H3. The molecule has 1 aromatic heterocycles. The van der Waals surface area contributed by atoms with Gasteiger partial charge in [-0.25, -0.2) is 4.98 Å². The fourth-order valence-corrected chi connectivity index (χ4v) is 2.94. The Labute approximate surface area is 140 Å². The average molecular weight is 315 g/mol. The first-order chi connectivity index (χ1) is 11.8. The zero-order chi connectivity index (χ0) is 16.4. The molecule has 0 N–H and O–H groups in total. The second-order valence-electron chi connectivity index (χ2n) is 5.64. The molecule has 0 fully saturated rings. The minimum absolute atomic E-state index is 0.0363. The van der Waals surface area contributed by atoms with E-state index in [4.69, 9.17) is 14.1 Å². The molecule has 4 aromatic rings. The van der Waals surface area contributed by atoms with Crippen molar-refractivity contribution in [3.63, 3.8) is 0 Å². The van der Waals surface area contributed by atoms with Crippen molar-refractivity contribution < 1.29 is 9.15 Å². The van der Waals surface area contributed by atoms with E-state index in [0.29, 0.717) is 5.89 Å². The molecule has 24 heavy (non-hydrogen) atoms. The number of hydrogen-bond acceptors (Lipinski definition) is 3. The largest absolute Gasteiger partial charge is 0.497 e. The summed E-state index contributed by atoms with van der Waals surface area (Å²) in [6.45, 7) is 0. The number of fused-ring (bicyclic) bond motifs is 1. The normalized spacial score (nSPS) is 11.1. The topological polar surface area (TPSA) is 35.3 Å². The molecule has 0 bridgehead atoms. The van der Waals surface area contributed by atoms with Crippen molar-refractivity contribution in [1.82, 2.24) is 4.98 Å². The molecule has 0 saturated carbocycles. The van der Waals surface area contributed by atoms with Crippen LogP contribution in [0.25, 0.3) is 11.1 Å². The molecule has 118 valence electrons. The molecule has 0 atom stereocenters. The minimum atomic E-state index is -0.0363. The molecular formula is C21H17NO2. The number of nitrogens with zero attached hydrogens (tertiary/aromatic N) is 1. The average Bonchev–Trinajstić information content (AvgIpc) is 3.06. The van der Waals surface area contributed by atoms with Gasteiger partial charge in [0, 0.05) is 6.07 Å². The lowest BCUT2D eigenvalue weighted by molar-refractivity contribution is 0.414. The molecular weight excluding hydrogens is 298 g/mol. The van der Waals surface area contributed by atoms with Gasteiger partial charge in [0.2, 0.25) is 5.89 Å². The number of oxazole rings is 1. The van der Waals surface area contributed by atoms with Crippen LogP contribution in [-0.4, -0.2) is 12.1 Å². The van der Waals surface area contributed by atoms with E-state index in [2.05, 4.69) is 24.3 Å². The van der Waals surface area contributed by atoms with E-state index in [1.807, 2.05) is 54.6 Å². The first-order valence-electron chi connectivity index (χ1n) is 7.89. The Morgan fingerprint density at radius 3 is 2.04 bits per heavy atom. The maximum atomic E-state index is 6.09. The molecule has 0 unspecified atom stereocenters. The van der Waals surface area contributed by atoms with Gasteiger partial charge in [-0.2, -0.15) is 0 Å². The van der Waals surface area contributed by atoms with Crippen molar-refractivity contribution >= 4 is 11.1 Å². The third-order valence-corrected chi connectivity index (χ3v) is 4.12. The number of aromatic nitrogens is 1. The van der Waals surface area contributed by atoms with Gasteiger partial charge in [0.15, 0.2) is 5.58 Å². The van der Waals surface area contributed by atoms with Gasteiger partial charge < -0.3 is 9.15 Å². The minimum Gasteiger partial charge on any atom is -0.497 e. The Morgan fingerprint density at radius 2 is 1.46 bits per heavy atom. The van der Waals surface area contributed by atoms with E-state index in [1.54, 1.807) is 7.11 Å². The Hall–Kier alpha value is -3.07. The molecule has 0 aliphatic heterocycles. The summed E-state index contributed by atoms with van der Waals surface area (Å²) in [6, 6.07) is 26.3. The summed E-state index contributed by atoms with van der Waals surface area (Å²) >= 11 is 0. The molecule has 1 heterocycles. The Kier molecular flexibility index (Phi) is 3.75. The van der Waals surface area contributed by atoms with E-state index in [0.717, 1.165) is 28.0 Å². The van der Waals surface area contributed by atoms with Gasteiger partial charge in [0.1, 0.15) is 11.3 Å². The quantitative estimate of drug-likeness (QED) is 0.530. The van der Waals surface area contributed by atoms with E-state index in [9.17, 15) is 0 Å². The monoisotopic (exact) mass is 315 g/mol. The summed E-state index contributed by atoms with van der Waals surface area (Å²) in [5, 5.41) is 0. The molecule has 0 aliphatic carbocycles. The number of rotatable bonds is 4. The second kappa shape index (κ2) is 6.20. The predicted octanol–water partition coefficient (Wildman–Crippen LogP) is 5.02. The van der Waals surface area contributed by atoms with Crippen LogP contribution in [0.5, 0.6) is 5.75 Å². The van der Waals surface area contributed by atoms with Gasteiger partial charge in [-0.3, -0.25) is 0 Å². The zero-order valence-electron chi connectivity index (χ0n) is 13.3. The highest BCUT2D eigenvalue weighted by molar-refractivity contribution is 5.74. The lowest BCUT2D eigenvalue weighted by atomic mass is 9.91. The molecule has 3 nitrogen and oxygen atoms in total. The molecule has 0 aliphatic rings. The molecule has 0 saturated heterocycles. The van der Waals surface area contributed by atoms with E-state index in [-0.39, 0.29) is 5.92 Å². The lowest BCUT2D eigenvalue weighted by Gasteiger charge is -2.14. The number of ether oxygens (including phenoxy) is 1. The van der Waals surface area contributed by atoms with Gasteiger partial charge in [-0.1, -0.05) is 60.7 Å². The second-order valence-corrected chi connectivity index (χ2v) is 5.64. The summed E-state index contributed by atoms with van der Waals surface area (Å²) in [7, 11) is 1.65. The maximum absolute atomic E-state index is 6.09. The fraction of sp³-hybridized carbons (Fsp3) is 0.0952. The zero-order valence-corrected chi connectivity index (χ0v) is 13.3. The third-order valence-electron chi connectivity index (χ3n) is 4.12. The van der Waals surface area contributed by atoms with Crippen molar-refractivity contribution in [3.05, 3.63) is 95.9 Å². The Balaban J connectivity index is 1.87. The first-order valence-corrected chi connectivity index (χ1v) is 7.89. The summed E-state index contributed by atoms with van der Waals surface area (Å²) in [6.07, 6.45) is 0. The van der Waals surface area contributed by atoms with Gasteiger partial charge in [-0.05, 0) is 23.3 Å². The molecule has 0 radical (unpaired) electrons. The first kappa shape index (κ1) is 14.5. The van der Waals surface area contributed by atoms with Crippen molar-refractivity contribution in [2.24, 2.45) is 0 Å². The Morgan fingerprint density at radius 1 is 0.833 bits per heavy atom. The van der Waals surface area contributed by atoms with E-state index in [1.165, 1.54) is 0 Å². The summed E-state index contributed by atoms with van der Waals surface area (Å²) in [4.78, 5) is 4.72. The third kappa shape index (κ3) is 2.65. The van der Waals surface area contributed by atoms with Crippen molar-refractivity contribution in [2.75, 3.05) is 7.11 Å². The van der Waals surface area contributed by atoms with Crippen LogP contribution < -0.4 is 4.74 Å². The molecule has 0 amide bonds. The van der Waals surface area contributed by atoms with Gasteiger partial charge >= 0.3 is 0 Å². The van der Waals surface area contributed by atoms with Crippen LogP contribution in [0.2, 0.25) is 0 Å². The van der Waals surface area contributed by atoms with Crippen molar-refractivity contribution in [3.8, 4) is 5.75 Å². The Bertz CT molecular complexity index is 906. The number of hydrogen-bond donors (Lipinski definition) is 0. The van der Waals surface area contributed by atoms with Crippen LogP contribution in [-0.2, 0) is 0 Å². The summed E-state index contributed by atoms with van der Waals surface area (Å²) in [5.74, 6) is 1.42. The van der Waals surface area contributed by atoms with Crippen molar-refractivity contribution in [1.29, 1.82) is 0 Å². The van der Waals surface area contributed by atoms with Gasteiger partial charge in [0.05, 0.1) is 13.0 Å². The van der Waals surface area contributed by atoms with Gasteiger partial charge in [-0.15, -0.1) is 0 Å². The molecule has 0 spiro atoms. The highest BCUT2D eigenvalue weighted by atomic mass is 16.5.